The maximum atomic E-state index is 12.2. The summed E-state index contributed by atoms with van der Waals surface area (Å²) in [7, 11) is 0. The second-order valence-electron chi connectivity index (χ2n) is 6.43. The average molecular weight is 268 g/mol. The number of carbonyl (C=O) groups is 1. The number of piperidine rings is 1. The molecule has 1 saturated heterocycles. The topological polar surface area (TPSA) is 52.6 Å². The maximum absolute atomic E-state index is 12.2. The van der Waals surface area contributed by atoms with E-state index in [2.05, 4.69) is 19.2 Å². The molecule has 1 aliphatic heterocycles. The van der Waals surface area contributed by atoms with Crippen molar-refractivity contribution in [3.8, 4) is 0 Å². The molecule has 1 aliphatic carbocycles. The number of likely N-dealkylation sites (tertiary alicyclic amines) is 1. The number of hydrogen-bond donors (Lipinski definition) is 2. The Bertz CT molecular complexity index is 301. The van der Waals surface area contributed by atoms with E-state index >= 15 is 0 Å². The highest BCUT2D eigenvalue weighted by Gasteiger charge is 2.34. The molecule has 1 unspecified atom stereocenters. The van der Waals surface area contributed by atoms with Crippen LogP contribution in [0.1, 0.15) is 52.4 Å². The minimum absolute atomic E-state index is 0.0520. The first-order chi connectivity index (χ1) is 9.10. The molecule has 0 bridgehead atoms. The number of hydrogen-bond acceptors (Lipinski definition) is 2. The highest BCUT2D eigenvalue weighted by atomic mass is 16.3. The first kappa shape index (κ1) is 14.6. The molecule has 4 heteroatoms. The van der Waals surface area contributed by atoms with Crippen molar-refractivity contribution >= 4 is 6.03 Å². The summed E-state index contributed by atoms with van der Waals surface area (Å²) in [5, 5.41) is 12.6. The Kier molecular flexibility index (Phi) is 4.71. The van der Waals surface area contributed by atoms with E-state index in [1.54, 1.807) is 0 Å². The molecule has 0 spiro atoms. The molecule has 1 saturated carbocycles. The van der Waals surface area contributed by atoms with Crippen LogP contribution in [0.25, 0.3) is 0 Å². The number of urea groups is 1. The molecule has 0 aromatic rings. The second-order valence-corrected chi connectivity index (χ2v) is 6.43. The Labute approximate surface area is 116 Å². The van der Waals surface area contributed by atoms with Crippen LogP contribution in [-0.2, 0) is 0 Å². The molecule has 1 atom stereocenters. The number of aliphatic hydroxyl groups is 1. The van der Waals surface area contributed by atoms with E-state index in [1.165, 1.54) is 19.3 Å². The van der Waals surface area contributed by atoms with Crippen LogP contribution in [-0.4, -0.2) is 41.8 Å². The normalized spacial score (nSPS) is 24.7. The lowest BCUT2D eigenvalue weighted by Crippen LogP contribution is -2.51. The van der Waals surface area contributed by atoms with Gasteiger partial charge in [0.1, 0.15) is 0 Å². The predicted molar refractivity (Wildman–Crippen MR) is 76.0 cm³/mol. The third-order valence-corrected chi connectivity index (χ3v) is 5.40. The van der Waals surface area contributed by atoms with Crippen molar-refractivity contribution in [2.45, 2.75) is 58.4 Å². The van der Waals surface area contributed by atoms with Crippen LogP contribution in [0.15, 0.2) is 0 Å². The lowest BCUT2D eigenvalue weighted by molar-refractivity contribution is 0.0508. The standard InChI is InChI=1S/C15H28N2O2/c1-3-15(11-18)7-9-17(10-8-15)14(19)16-12(2)13-5-4-6-13/h12-13,18H,3-11H2,1-2H3,(H,16,19). The van der Waals surface area contributed by atoms with Gasteiger partial charge in [-0.1, -0.05) is 13.3 Å². The van der Waals surface area contributed by atoms with Crippen LogP contribution in [0.3, 0.4) is 0 Å². The molecule has 2 aliphatic rings. The molecular weight excluding hydrogens is 240 g/mol. The minimum atomic E-state index is 0.0520. The molecule has 4 nitrogen and oxygen atoms in total. The average Bonchev–Trinajstić information content (AvgIpc) is 2.36. The van der Waals surface area contributed by atoms with Crippen LogP contribution in [0.4, 0.5) is 4.79 Å². The Morgan fingerprint density at radius 3 is 2.47 bits per heavy atom. The Hall–Kier alpha value is -0.770. The molecule has 2 rings (SSSR count). The largest absolute Gasteiger partial charge is 0.396 e. The Morgan fingerprint density at radius 1 is 1.42 bits per heavy atom. The van der Waals surface area contributed by atoms with Crippen LogP contribution in [0, 0.1) is 11.3 Å². The van der Waals surface area contributed by atoms with E-state index < -0.39 is 0 Å². The van der Waals surface area contributed by atoms with Gasteiger partial charge in [0.15, 0.2) is 0 Å². The number of carbonyl (C=O) groups excluding carboxylic acids is 1. The molecule has 2 N–H and O–H groups in total. The molecule has 19 heavy (non-hydrogen) atoms. The van der Waals surface area contributed by atoms with Gasteiger partial charge >= 0.3 is 6.03 Å². The van der Waals surface area contributed by atoms with Gasteiger partial charge in [-0.15, -0.1) is 0 Å². The van der Waals surface area contributed by atoms with Gasteiger partial charge in [0.25, 0.3) is 0 Å². The number of nitrogens with one attached hydrogen (secondary N) is 1. The van der Waals surface area contributed by atoms with Gasteiger partial charge in [-0.05, 0) is 50.4 Å². The van der Waals surface area contributed by atoms with Gasteiger partial charge in [-0.2, -0.15) is 0 Å². The van der Waals surface area contributed by atoms with Gasteiger partial charge in [0.2, 0.25) is 0 Å². The SMILES string of the molecule is CCC1(CO)CCN(C(=O)NC(C)C2CCC2)CC1. The van der Waals surface area contributed by atoms with Crippen LogP contribution >= 0.6 is 0 Å². The molecule has 2 fully saturated rings. The fourth-order valence-electron chi connectivity index (χ4n) is 3.15. The van der Waals surface area contributed by atoms with E-state index in [9.17, 15) is 9.90 Å². The van der Waals surface area contributed by atoms with E-state index in [0.29, 0.717) is 12.0 Å². The second kappa shape index (κ2) is 6.12. The quantitative estimate of drug-likeness (QED) is 0.822. The molecule has 1 heterocycles. The van der Waals surface area contributed by atoms with E-state index in [0.717, 1.165) is 32.4 Å². The van der Waals surface area contributed by atoms with Crippen LogP contribution in [0.5, 0.6) is 0 Å². The predicted octanol–water partition coefficient (Wildman–Crippen LogP) is 2.37. The zero-order valence-electron chi connectivity index (χ0n) is 12.3. The zero-order chi connectivity index (χ0) is 13.9. The highest BCUT2D eigenvalue weighted by Crippen LogP contribution is 2.34. The Balaban J connectivity index is 1.78. The lowest BCUT2D eigenvalue weighted by atomic mass is 9.77. The first-order valence-electron chi connectivity index (χ1n) is 7.76. The molecule has 0 aromatic carbocycles. The molecular formula is C15H28N2O2. The monoisotopic (exact) mass is 268 g/mol. The van der Waals surface area contributed by atoms with Crippen molar-refractivity contribution in [2.75, 3.05) is 19.7 Å². The van der Waals surface area contributed by atoms with Gasteiger partial charge in [0.05, 0.1) is 0 Å². The summed E-state index contributed by atoms with van der Waals surface area (Å²) in [4.78, 5) is 14.1. The first-order valence-corrected chi connectivity index (χ1v) is 7.76. The fourth-order valence-corrected chi connectivity index (χ4v) is 3.15. The van der Waals surface area contributed by atoms with Gasteiger partial charge in [-0.25, -0.2) is 4.79 Å². The van der Waals surface area contributed by atoms with E-state index in [4.69, 9.17) is 0 Å². The summed E-state index contributed by atoms with van der Waals surface area (Å²) >= 11 is 0. The van der Waals surface area contributed by atoms with Crippen molar-refractivity contribution in [1.29, 1.82) is 0 Å². The van der Waals surface area contributed by atoms with Gasteiger partial charge in [0, 0.05) is 25.7 Å². The van der Waals surface area contributed by atoms with E-state index in [-0.39, 0.29) is 18.1 Å². The summed E-state index contributed by atoms with van der Waals surface area (Å²) in [5.74, 6) is 0.681. The number of rotatable bonds is 4. The van der Waals surface area contributed by atoms with Crippen LogP contribution in [0.2, 0.25) is 0 Å². The Morgan fingerprint density at radius 2 is 2.05 bits per heavy atom. The van der Waals surface area contributed by atoms with E-state index in [1.807, 2.05) is 4.90 Å². The third-order valence-electron chi connectivity index (χ3n) is 5.40. The van der Waals surface area contributed by atoms with Crippen molar-refractivity contribution in [2.24, 2.45) is 11.3 Å². The molecule has 0 aromatic heterocycles. The van der Waals surface area contributed by atoms with Crippen LogP contribution < -0.4 is 5.32 Å². The summed E-state index contributed by atoms with van der Waals surface area (Å²) < 4.78 is 0. The lowest BCUT2D eigenvalue weighted by Gasteiger charge is -2.41. The summed E-state index contributed by atoms with van der Waals surface area (Å²) in [5.41, 5.74) is 0.0520. The maximum Gasteiger partial charge on any atom is 0.317 e. The summed E-state index contributed by atoms with van der Waals surface area (Å²) in [6.07, 6.45) is 6.66. The number of aliphatic hydroxyl groups excluding tert-OH is 1. The smallest absolute Gasteiger partial charge is 0.317 e. The van der Waals surface area contributed by atoms with Crippen molar-refractivity contribution in [3.63, 3.8) is 0 Å². The molecule has 110 valence electrons. The van der Waals surface area contributed by atoms with Gasteiger partial charge < -0.3 is 15.3 Å². The summed E-state index contributed by atoms with van der Waals surface area (Å²) in [6, 6.07) is 0.388. The third kappa shape index (κ3) is 3.22. The number of nitrogens with zero attached hydrogens (tertiary/aromatic N) is 1. The molecule has 0 radical (unpaired) electrons. The summed E-state index contributed by atoms with van der Waals surface area (Å²) in [6.45, 7) is 6.05. The minimum Gasteiger partial charge on any atom is -0.396 e. The van der Waals surface area contributed by atoms with Crippen molar-refractivity contribution in [1.82, 2.24) is 10.2 Å². The number of amides is 2. The zero-order valence-corrected chi connectivity index (χ0v) is 12.3. The van der Waals surface area contributed by atoms with Crippen molar-refractivity contribution < 1.29 is 9.90 Å². The molecule has 2 amide bonds. The fraction of sp³-hybridized carbons (Fsp3) is 0.933. The highest BCUT2D eigenvalue weighted by molar-refractivity contribution is 5.74. The van der Waals surface area contributed by atoms with Crippen molar-refractivity contribution in [3.05, 3.63) is 0 Å². The van der Waals surface area contributed by atoms with Gasteiger partial charge in [-0.3, -0.25) is 0 Å².